The van der Waals surface area contributed by atoms with Crippen LogP contribution in [0.3, 0.4) is 0 Å². The van der Waals surface area contributed by atoms with Crippen molar-refractivity contribution in [2.75, 3.05) is 5.32 Å². The van der Waals surface area contributed by atoms with Gasteiger partial charge >= 0.3 is 5.69 Å². The molecule has 0 aliphatic rings. The first-order valence-electron chi connectivity index (χ1n) is 9.84. The molecule has 0 spiro atoms. The molecule has 2 aromatic heterocycles. The van der Waals surface area contributed by atoms with Crippen LogP contribution in [-0.2, 0) is 13.1 Å². The number of imidazole rings is 2. The molecule has 0 fully saturated rings. The van der Waals surface area contributed by atoms with Gasteiger partial charge in [-0.25, -0.2) is 9.78 Å². The molecule has 0 amide bonds. The van der Waals surface area contributed by atoms with E-state index in [1.54, 1.807) is 17.1 Å². The molecule has 148 valence electrons. The lowest BCUT2D eigenvalue weighted by molar-refractivity contribution is 0.547. The van der Waals surface area contributed by atoms with Crippen molar-refractivity contribution in [3.63, 3.8) is 0 Å². The van der Waals surface area contributed by atoms with Crippen LogP contribution in [0.25, 0.3) is 0 Å². The highest BCUT2D eigenvalue weighted by Crippen LogP contribution is 2.26. The van der Waals surface area contributed by atoms with Gasteiger partial charge in [-0.05, 0) is 24.5 Å². The van der Waals surface area contributed by atoms with Crippen LogP contribution in [0.4, 0.5) is 5.82 Å². The maximum Gasteiger partial charge on any atom is 0.327 e. The number of aromatic amines is 1. The number of nitrogens with zero attached hydrogens (tertiary/aromatic N) is 3. The van der Waals surface area contributed by atoms with E-state index >= 15 is 0 Å². The molecule has 0 aliphatic heterocycles. The Balaban J connectivity index is 1.56. The van der Waals surface area contributed by atoms with Gasteiger partial charge in [0.25, 0.3) is 0 Å². The second-order valence-corrected chi connectivity index (χ2v) is 7.09. The lowest BCUT2D eigenvalue weighted by Crippen LogP contribution is -2.18. The number of nitrogens with one attached hydrogen (secondary N) is 2. The fourth-order valence-electron chi connectivity index (χ4n) is 3.59. The van der Waals surface area contributed by atoms with E-state index in [-0.39, 0.29) is 11.7 Å². The highest BCUT2D eigenvalue weighted by molar-refractivity contribution is 5.47. The third-order valence-electron chi connectivity index (χ3n) is 5.16. The molecule has 0 unspecified atom stereocenters. The molecule has 0 saturated heterocycles. The van der Waals surface area contributed by atoms with E-state index < -0.39 is 0 Å². The monoisotopic (exact) mass is 387 g/mol. The van der Waals surface area contributed by atoms with Crippen molar-refractivity contribution in [2.24, 2.45) is 0 Å². The van der Waals surface area contributed by atoms with Gasteiger partial charge in [0.05, 0.1) is 18.1 Å². The summed E-state index contributed by atoms with van der Waals surface area (Å²) >= 11 is 0. The average Bonchev–Trinajstić information content (AvgIpc) is 3.37. The minimum Gasteiger partial charge on any atom is -0.359 e. The summed E-state index contributed by atoms with van der Waals surface area (Å²) in [4.78, 5) is 19.6. The fourth-order valence-corrected chi connectivity index (χ4v) is 3.59. The van der Waals surface area contributed by atoms with E-state index in [4.69, 9.17) is 0 Å². The summed E-state index contributed by atoms with van der Waals surface area (Å²) in [6, 6.07) is 20.5. The predicted molar refractivity (Wildman–Crippen MR) is 115 cm³/mol. The standard InChI is InChI=1S/C23H25N5O/c1-18-22(26-23(29)28(18)15-8-14-27-16-13-24-17-27)25-21(19-9-4-2-5-10-19)20-11-6-3-7-12-20/h2-7,9-13,16-17,21,25H,8,14-15H2,1H3,(H,26,29). The molecule has 6 heteroatoms. The van der Waals surface area contributed by atoms with E-state index in [9.17, 15) is 4.79 Å². The largest absolute Gasteiger partial charge is 0.359 e. The third-order valence-corrected chi connectivity index (χ3v) is 5.16. The molecular weight excluding hydrogens is 362 g/mol. The molecule has 6 nitrogen and oxygen atoms in total. The molecular formula is C23H25N5O. The number of aryl methyl sites for hydroxylation is 1. The Kier molecular flexibility index (Phi) is 5.61. The van der Waals surface area contributed by atoms with E-state index in [0.29, 0.717) is 6.54 Å². The number of rotatable bonds is 8. The number of benzene rings is 2. The maximum absolute atomic E-state index is 12.6. The highest BCUT2D eigenvalue weighted by atomic mass is 16.1. The van der Waals surface area contributed by atoms with Gasteiger partial charge in [-0.2, -0.15) is 0 Å². The van der Waals surface area contributed by atoms with Crippen LogP contribution in [0.15, 0.2) is 84.2 Å². The Morgan fingerprint density at radius 1 is 1.00 bits per heavy atom. The molecule has 4 aromatic rings. The highest BCUT2D eigenvalue weighted by Gasteiger charge is 2.17. The normalized spacial score (nSPS) is 11.1. The van der Waals surface area contributed by atoms with Crippen molar-refractivity contribution >= 4 is 5.82 Å². The summed E-state index contributed by atoms with van der Waals surface area (Å²) in [5.74, 6) is 0.760. The van der Waals surface area contributed by atoms with Gasteiger partial charge < -0.3 is 9.88 Å². The second-order valence-electron chi connectivity index (χ2n) is 7.09. The van der Waals surface area contributed by atoms with Crippen molar-refractivity contribution in [2.45, 2.75) is 32.5 Å². The number of aromatic nitrogens is 4. The molecule has 29 heavy (non-hydrogen) atoms. The fraction of sp³-hybridized carbons (Fsp3) is 0.217. The smallest absolute Gasteiger partial charge is 0.327 e. The Labute approximate surface area is 169 Å². The van der Waals surface area contributed by atoms with Gasteiger partial charge in [-0.15, -0.1) is 0 Å². The molecule has 0 aliphatic carbocycles. The van der Waals surface area contributed by atoms with Gasteiger partial charge in [0, 0.05) is 25.5 Å². The first-order chi connectivity index (χ1) is 14.2. The summed E-state index contributed by atoms with van der Waals surface area (Å²) in [7, 11) is 0. The van der Waals surface area contributed by atoms with Crippen LogP contribution < -0.4 is 11.0 Å². The van der Waals surface area contributed by atoms with E-state index in [1.165, 1.54) is 0 Å². The van der Waals surface area contributed by atoms with Gasteiger partial charge in [0.1, 0.15) is 5.82 Å². The van der Waals surface area contributed by atoms with Gasteiger partial charge in [0.15, 0.2) is 0 Å². The molecule has 2 N–H and O–H groups in total. The first-order valence-corrected chi connectivity index (χ1v) is 9.84. The van der Waals surface area contributed by atoms with Crippen LogP contribution in [0.2, 0.25) is 0 Å². The quantitative estimate of drug-likeness (QED) is 0.481. The first kappa shape index (κ1) is 18.8. The Hall–Kier alpha value is -3.54. The minimum absolute atomic E-state index is 0.0476. The molecule has 2 aromatic carbocycles. The maximum atomic E-state index is 12.6. The predicted octanol–water partition coefficient (Wildman–Crippen LogP) is 3.97. The van der Waals surface area contributed by atoms with Crippen molar-refractivity contribution in [1.82, 2.24) is 19.1 Å². The molecule has 0 radical (unpaired) electrons. The zero-order chi connectivity index (χ0) is 20.1. The summed E-state index contributed by atoms with van der Waals surface area (Å²) < 4.78 is 3.82. The average molecular weight is 387 g/mol. The third kappa shape index (κ3) is 4.32. The van der Waals surface area contributed by atoms with Gasteiger partial charge in [0.2, 0.25) is 0 Å². The van der Waals surface area contributed by atoms with Crippen LogP contribution in [0, 0.1) is 6.92 Å². The van der Waals surface area contributed by atoms with E-state index in [0.717, 1.165) is 35.6 Å². The van der Waals surface area contributed by atoms with Crippen molar-refractivity contribution in [1.29, 1.82) is 0 Å². The van der Waals surface area contributed by atoms with Gasteiger partial charge in [-0.3, -0.25) is 9.55 Å². The lowest BCUT2D eigenvalue weighted by Gasteiger charge is -2.20. The Bertz CT molecular complexity index is 1040. The number of H-pyrrole nitrogens is 1. The zero-order valence-corrected chi connectivity index (χ0v) is 16.5. The van der Waals surface area contributed by atoms with Crippen LogP contribution >= 0.6 is 0 Å². The van der Waals surface area contributed by atoms with E-state index in [2.05, 4.69) is 39.6 Å². The zero-order valence-electron chi connectivity index (χ0n) is 16.5. The summed E-state index contributed by atoms with van der Waals surface area (Å²) in [6.07, 6.45) is 6.35. The molecule has 0 atom stereocenters. The summed E-state index contributed by atoms with van der Waals surface area (Å²) in [6.45, 7) is 3.46. The Morgan fingerprint density at radius 3 is 2.24 bits per heavy atom. The van der Waals surface area contributed by atoms with Crippen LogP contribution in [0.1, 0.15) is 29.3 Å². The summed E-state index contributed by atoms with van der Waals surface area (Å²) in [5, 5.41) is 3.55. The second kappa shape index (κ2) is 8.65. The van der Waals surface area contributed by atoms with Crippen LogP contribution in [0.5, 0.6) is 0 Å². The molecule has 0 saturated carbocycles. The Morgan fingerprint density at radius 2 is 1.66 bits per heavy atom. The SMILES string of the molecule is Cc1c(NC(c2ccccc2)c2ccccc2)[nH]c(=O)n1CCCn1ccnc1. The van der Waals surface area contributed by atoms with Gasteiger partial charge in [-0.1, -0.05) is 60.7 Å². The van der Waals surface area contributed by atoms with Crippen LogP contribution in [-0.4, -0.2) is 19.1 Å². The van der Waals surface area contributed by atoms with Crippen molar-refractivity contribution < 1.29 is 0 Å². The van der Waals surface area contributed by atoms with E-state index in [1.807, 2.05) is 54.1 Å². The lowest BCUT2D eigenvalue weighted by atomic mass is 9.99. The minimum atomic E-state index is -0.0875. The molecule has 4 rings (SSSR count). The summed E-state index contributed by atoms with van der Waals surface area (Å²) in [5.41, 5.74) is 3.12. The molecule has 2 heterocycles. The van der Waals surface area contributed by atoms with Crippen molar-refractivity contribution in [3.8, 4) is 0 Å². The van der Waals surface area contributed by atoms with Crippen molar-refractivity contribution in [3.05, 3.63) is 107 Å². The number of hydrogen-bond acceptors (Lipinski definition) is 3. The molecule has 0 bridgehead atoms. The number of anilines is 1. The topological polar surface area (TPSA) is 67.6 Å². The number of hydrogen-bond donors (Lipinski definition) is 2.